The Labute approximate surface area is 125 Å². The number of rotatable bonds is 15. The van der Waals surface area contributed by atoms with Crippen molar-refractivity contribution in [3.05, 3.63) is 24.7 Å². The zero-order valence-electron chi connectivity index (χ0n) is 13.2. The molecule has 2 N–H and O–H groups in total. The van der Waals surface area contributed by atoms with E-state index in [2.05, 4.69) is 13.2 Å². The summed E-state index contributed by atoms with van der Waals surface area (Å²) in [6.45, 7) is 6.99. The average molecular weight is 282 g/mol. The molecule has 0 amide bonds. The van der Waals surface area contributed by atoms with Crippen molar-refractivity contribution in [3.8, 4) is 0 Å². The van der Waals surface area contributed by atoms with Gasteiger partial charge in [-0.3, -0.25) is 0 Å². The van der Waals surface area contributed by atoms with Crippen LogP contribution in [0.15, 0.2) is 24.7 Å². The predicted octanol–water partition coefficient (Wildman–Crippen LogP) is 6.59. The molecule has 0 aromatic carbocycles. The second-order valence-corrected chi connectivity index (χ2v) is 5.88. The quantitative estimate of drug-likeness (QED) is 0.263. The van der Waals surface area contributed by atoms with Crippen molar-refractivity contribution in [1.82, 2.24) is 0 Å². The number of unbranched alkanes of at least 4 members (excludes halogenated alkanes) is 11. The molecule has 0 saturated carbocycles. The fraction of sp³-hybridized carbons (Fsp3) is 0.778. The van der Waals surface area contributed by atoms with E-state index in [1.807, 2.05) is 0 Å². The molecule has 0 radical (unpaired) electrons. The summed E-state index contributed by atoms with van der Waals surface area (Å²) >= 11 is 0. The Kier molecular flexibility index (Phi) is 13.8. The van der Waals surface area contributed by atoms with Crippen molar-refractivity contribution in [1.29, 1.82) is 0 Å². The first kappa shape index (κ1) is 19.1. The van der Waals surface area contributed by atoms with E-state index in [-0.39, 0.29) is 0 Å². The van der Waals surface area contributed by atoms with Crippen molar-refractivity contribution >= 4 is 0 Å². The molecule has 0 unspecified atom stereocenters. The van der Waals surface area contributed by atoms with Gasteiger partial charge in [0, 0.05) is 12.8 Å². The molecule has 0 aliphatic rings. The van der Waals surface area contributed by atoms with E-state index >= 15 is 0 Å². The Hall–Kier alpha value is -0.920. The minimum atomic E-state index is 0.327. The molecular formula is C18H34O2. The Balaban J connectivity index is 2.99. The maximum atomic E-state index is 8.95. The van der Waals surface area contributed by atoms with Crippen LogP contribution in [0.4, 0.5) is 0 Å². The third-order valence-corrected chi connectivity index (χ3v) is 3.68. The van der Waals surface area contributed by atoms with Crippen LogP contribution in [0.2, 0.25) is 0 Å². The molecule has 0 saturated heterocycles. The molecule has 2 nitrogen and oxygen atoms in total. The van der Waals surface area contributed by atoms with Gasteiger partial charge in [-0.2, -0.15) is 0 Å². The maximum Gasteiger partial charge on any atom is 0.0851 e. The summed E-state index contributed by atoms with van der Waals surface area (Å²) in [5.41, 5.74) is 0. The SMILES string of the molecule is C=C(O)CCCCCCCCCCCCCCC(=C)O. The van der Waals surface area contributed by atoms with Gasteiger partial charge in [-0.05, 0) is 12.8 Å². The van der Waals surface area contributed by atoms with Gasteiger partial charge in [0.25, 0.3) is 0 Å². The second-order valence-electron chi connectivity index (χ2n) is 5.88. The van der Waals surface area contributed by atoms with Gasteiger partial charge in [-0.1, -0.05) is 77.4 Å². The fourth-order valence-electron chi connectivity index (χ4n) is 2.43. The van der Waals surface area contributed by atoms with E-state index < -0.39 is 0 Å². The average Bonchev–Trinajstić information content (AvgIpc) is 2.38. The zero-order chi connectivity index (χ0) is 15.1. The largest absolute Gasteiger partial charge is 0.513 e. The highest BCUT2D eigenvalue weighted by Crippen LogP contribution is 2.14. The molecule has 118 valence electrons. The normalized spacial score (nSPS) is 10.6. The fourth-order valence-corrected chi connectivity index (χ4v) is 2.43. The van der Waals surface area contributed by atoms with Gasteiger partial charge in [0.15, 0.2) is 0 Å². The molecule has 20 heavy (non-hydrogen) atoms. The third-order valence-electron chi connectivity index (χ3n) is 3.68. The molecule has 0 fully saturated rings. The van der Waals surface area contributed by atoms with Gasteiger partial charge < -0.3 is 10.2 Å². The Morgan fingerprint density at radius 2 is 0.650 bits per heavy atom. The van der Waals surface area contributed by atoms with E-state index in [0.29, 0.717) is 11.5 Å². The van der Waals surface area contributed by atoms with Crippen molar-refractivity contribution in [2.45, 2.75) is 89.9 Å². The highest BCUT2D eigenvalue weighted by atomic mass is 16.3. The third kappa shape index (κ3) is 17.1. The lowest BCUT2D eigenvalue weighted by molar-refractivity contribution is 0.382. The molecule has 0 aliphatic carbocycles. The van der Waals surface area contributed by atoms with E-state index in [0.717, 1.165) is 25.7 Å². The number of aliphatic hydroxyl groups is 2. The molecule has 0 bridgehead atoms. The Morgan fingerprint density at radius 1 is 0.450 bits per heavy atom. The van der Waals surface area contributed by atoms with Crippen LogP contribution in [-0.2, 0) is 0 Å². The lowest BCUT2D eigenvalue weighted by Gasteiger charge is -2.03. The van der Waals surface area contributed by atoms with E-state index in [4.69, 9.17) is 10.2 Å². The molecule has 0 aromatic heterocycles. The van der Waals surface area contributed by atoms with Crippen molar-refractivity contribution < 1.29 is 10.2 Å². The summed E-state index contributed by atoms with van der Waals surface area (Å²) in [4.78, 5) is 0. The Morgan fingerprint density at radius 3 is 0.850 bits per heavy atom. The predicted molar refractivity (Wildman–Crippen MR) is 88.2 cm³/mol. The van der Waals surface area contributed by atoms with E-state index in [9.17, 15) is 0 Å². The first-order valence-electron chi connectivity index (χ1n) is 8.36. The summed E-state index contributed by atoms with van der Waals surface area (Å²) in [5.74, 6) is 0.654. The molecule has 0 heterocycles. The number of allylic oxidation sites excluding steroid dienone is 2. The van der Waals surface area contributed by atoms with Gasteiger partial charge in [0.1, 0.15) is 0 Å². The minimum absolute atomic E-state index is 0.327. The zero-order valence-corrected chi connectivity index (χ0v) is 13.2. The summed E-state index contributed by atoms with van der Waals surface area (Å²) in [7, 11) is 0. The van der Waals surface area contributed by atoms with Gasteiger partial charge in [0.05, 0.1) is 11.5 Å². The molecule has 2 heteroatoms. The second kappa shape index (κ2) is 14.5. The summed E-state index contributed by atoms with van der Waals surface area (Å²) in [6, 6.07) is 0. The number of hydrogen-bond acceptors (Lipinski definition) is 2. The smallest absolute Gasteiger partial charge is 0.0851 e. The van der Waals surface area contributed by atoms with E-state index in [1.54, 1.807) is 0 Å². The molecular weight excluding hydrogens is 248 g/mol. The first-order valence-corrected chi connectivity index (χ1v) is 8.36. The van der Waals surface area contributed by atoms with Crippen LogP contribution in [0.25, 0.3) is 0 Å². The van der Waals surface area contributed by atoms with Crippen molar-refractivity contribution in [2.75, 3.05) is 0 Å². The summed E-state index contributed by atoms with van der Waals surface area (Å²) in [5, 5.41) is 17.9. The minimum Gasteiger partial charge on any atom is -0.513 e. The lowest BCUT2D eigenvalue weighted by atomic mass is 10.0. The summed E-state index contributed by atoms with van der Waals surface area (Å²) < 4.78 is 0. The highest BCUT2D eigenvalue weighted by Gasteiger charge is 1.95. The van der Waals surface area contributed by atoms with Gasteiger partial charge in [0.2, 0.25) is 0 Å². The molecule has 0 rings (SSSR count). The first-order chi connectivity index (χ1) is 9.63. The van der Waals surface area contributed by atoms with Crippen LogP contribution >= 0.6 is 0 Å². The van der Waals surface area contributed by atoms with Crippen LogP contribution in [-0.4, -0.2) is 10.2 Å². The standard InChI is InChI=1S/C18H34O2/c1-17(19)15-13-11-9-7-5-3-4-6-8-10-12-14-16-18(2)20/h19-20H,1-16H2. The maximum absolute atomic E-state index is 8.95. The van der Waals surface area contributed by atoms with Crippen LogP contribution in [0.3, 0.4) is 0 Å². The van der Waals surface area contributed by atoms with Crippen LogP contribution in [0, 0.1) is 0 Å². The van der Waals surface area contributed by atoms with Crippen molar-refractivity contribution in [3.63, 3.8) is 0 Å². The monoisotopic (exact) mass is 282 g/mol. The van der Waals surface area contributed by atoms with Crippen LogP contribution < -0.4 is 0 Å². The molecule has 0 atom stereocenters. The van der Waals surface area contributed by atoms with Gasteiger partial charge in [-0.25, -0.2) is 0 Å². The number of aliphatic hydroxyl groups excluding tert-OH is 2. The Bertz CT molecular complexity index is 220. The van der Waals surface area contributed by atoms with E-state index in [1.165, 1.54) is 64.2 Å². The molecule has 0 aromatic rings. The molecule has 0 spiro atoms. The summed E-state index contributed by atoms with van der Waals surface area (Å²) in [6.07, 6.45) is 16.8. The van der Waals surface area contributed by atoms with Gasteiger partial charge >= 0.3 is 0 Å². The van der Waals surface area contributed by atoms with Crippen LogP contribution in [0.5, 0.6) is 0 Å². The van der Waals surface area contributed by atoms with Crippen LogP contribution in [0.1, 0.15) is 89.9 Å². The lowest BCUT2D eigenvalue weighted by Crippen LogP contribution is -1.84. The van der Waals surface area contributed by atoms with Gasteiger partial charge in [-0.15, -0.1) is 0 Å². The van der Waals surface area contributed by atoms with Crippen molar-refractivity contribution in [2.24, 2.45) is 0 Å². The highest BCUT2D eigenvalue weighted by molar-refractivity contribution is 4.78. The topological polar surface area (TPSA) is 40.5 Å². The number of hydrogen-bond donors (Lipinski definition) is 2. The molecule has 0 aliphatic heterocycles.